The molecular formula is C31H28N2O12. The standard InChI is InChI=1S/C31H28N2O12/c34-17-5-8-20-24(12-17)45-25-13-18(35)6-9-21(25)28(20)22-11-16(4-7-19(22)30(41)42)29(40)32-10-2-1-3-23(31(43)44)33(14-26(36)37)15-27(38)39/h4-9,11-13,23,34H,1-3,10,14-15H2,(H,32,40)(H,36,37)(H,38,39)(H,41,42)(H,43,44)/t23-/m0/s1. The third-order valence-electron chi connectivity index (χ3n) is 7.05. The summed E-state index contributed by atoms with van der Waals surface area (Å²) in [6, 6.07) is 10.9. The molecule has 0 aromatic heterocycles. The van der Waals surface area contributed by atoms with E-state index in [4.69, 9.17) is 14.6 Å². The van der Waals surface area contributed by atoms with Crippen LogP contribution in [0.3, 0.4) is 0 Å². The largest absolute Gasteiger partial charge is 0.508 e. The van der Waals surface area contributed by atoms with E-state index in [2.05, 4.69) is 5.32 Å². The first kappa shape index (κ1) is 32.2. The molecule has 1 aliphatic heterocycles. The number of aromatic hydroxyl groups is 1. The molecule has 0 unspecified atom stereocenters. The number of nitrogens with zero attached hydrogens (tertiary/aromatic N) is 1. The summed E-state index contributed by atoms with van der Waals surface area (Å²) in [5.41, 5.74) is 0.728. The Kier molecular flexibility index (Phi) is 9.78. The molecule has 0 saturated heterocycles. The van der Waals surface area contributed by atoms with Gasteiger partial charge in [-0.15, -0.1) is 0 Å². The molecule has 2 aromatic rings. The van der Waals surface area contributed by atoms with Crippen LogP contribution < -0.4 is 10.7 Å². The highest BCUT2D eigenvalue weighted by Crippen LogP contribution is 2.42. The summed E-state index contributed by atoms with van der Waals surface area (Å²) < 4.78 is 5.82. The van der Waals surface area contributed by atoms with Crippen LogP contribution in [-0.4, -0.2) is 85.9 Å². The van der Waals surface area contributed by atoms with Crippen molar-refractivity contribution in [2.45, 2.75) is 25.3 Å². The maximum Gasteiger partial charge on any atom is 0.336 e. The molecule has 45 heavy (non-hydrogen) atoms. The molecule has 14 nitrogen and oxygen atoms in total. The molecular weight excluding hydrogens is 592 g/mol. The van der Waals surface area contributed by atoms with E-state index in [0.29, 0.717) is 16.5 Å². The number of carbonyl (C=O) groups excluding carboxylic acids is 1. The topological polar surface area (TPSA) is 232 Å². The Bertz CT molecular complexity index is 1810. The summed E-state index contributed by atoms with van der Waals surface area (Å²) in [6.45, 7) is -1.46. The molecule has 1 heterocycles. The van der Waals surface area contributed by atoms with Gasteiger partial charge < -0.3 is 35.3 Å². The average Bonchev–Trinajstić information content (AvgIpc) is 2.96. The number of hydrogen-bond acceptors (Lipinski definition) is 9. The second kappa shape index (κ2) is 13.7. The van der Waals surface area contributed by atoms with Gasteiger partial charge in [0.1, 0.15) is 23.1 Å². The Morgan fingerprint density at radius 3 is 2.18 bits per heavy atom. The van der Waals surface area contributed by atoms with Crippen LogP contribution >= 0.6 is 0 Å². The number of amides is 1. The molecule has 0 spiro atoms. The molecule has 1 amide bonds. The van der Waals surface area contributed by atoms with E-state index >= 15 is 0 Å². The zero-order chi connectivity index (χ0) is 32.8. The van der Waals surface area contributed by atoms with Gasteiger partial charge in [-0.1, -0.05) is 0 Å². The average molecular weight is 621 g/mol. The van der Waals surface area contributed by atoms with Crippen molar-refractivity contribution in [2.24, 2.45) is 0 Å². The quantitative estimate of drug-likeness (QED) is 0.0880. The molecule has 14 heteroatoms. The first-order chi connectivity index (χ1) is 21.3. The third kappa shape index (κ3) is 7.61. The molecule has 6 N–H and O–H groups in total. The molecule has 2 aliphatic rings. The zero-order valence-corrected chi connectivity index (χ0v) is 23.6. The molecule has 2 aromatic carbocycles. The van der Waals surface area contributed by atoms with Crippen molar-refractivity contribution < 1.29 is 53.9 Å². The highest BCUT2D eigenvalue weighted by atomic mass is 16.4. The van der Waals surface area contributed by atoms with Crippen LogP contribution in [0.5, 0.6) is 5.75 Å². The Morgan fingerprint density at radius 1 is 0.822 bits per heavy atom. The van der Waals surface area contributed by atoms with Gasteiger partial charge in [-0.25, -0.2) is 4.79 Å². The zero-order valence-electron chi connectivity index (χ0n) is 23.6. The van der Waals surface area contributed by atoms with E-state index in [1.54, 1.807) is 0 Å². The molecule has 0 radical (unpaired) electrons. The molecule has 1 atom stereocenters. The van der Waals surface area contributed by atoms with Gasteiger partial charge in [-0.3, -0.25) is 28.9 Å². The van der Waals surface area contributed by atoms with E-state index in [1.165, 1.54) is 54.6 Å². The molecule has 0 fully saturated rings. The van der Waals surface area contributed by atoms with Crippen molar-refractivity contribution in [3.05, 3.63) is 75.9 Å². The Labute approximate surface area is 254 Å². The Morgan fingerprint density at radius 2 is 1.53 bits per heavy atom. The summed E-state index contributed by atoms with van der Waals surface area (Å²) in [7, 11) is 0. The van der Waals surface area contributed by atoms with Crippen LogP contribution in [0.1, 0.15) is 40.0 Å². The van der Waals surface area contributed by atoms with Crippen molar-refractivity contribution in [3.63, 3.8) is 0 Å². The fourth-order valence-corrected chi connectivity index (χ4v) is 5.08. The van der Waals surface area contributed by atoms with Gasteiger partial charge in [0, 0.05) is 40.8 Å². The van der Waals surface area contributed by atoms with E-state index in [1.807, 2.05) is 0 Å². The number of unbranched alkanes of at least 4 members (excludes halogenated alkanes) is 1. The van der Waals surface area contributed by atoms with Crippen molar-refractivity contribution in [1.82, 2.24) is 10.2 Å². The monoisotopic (exact) mass is 620 g/mol. The number of aromatic carboxylic acids is 1. The lowest BCUT2D eigenvalue weighted by atomic mass is 9.89. The predicted molar refractivity (Wildman–Crippen MR) is 158 cm³/mol. The summed E-state index contributed by atoms with van der Waals surface area (Å²) in [4.78, 5) is 72.1. The van der Waals surface area contributed by atoms with Gasteiger partial charge >= 0.3 is 23.9 Å². The summed E-state index contributed by atoms with van der Waals surface area (Å²) >= 11 is 0. The molecule has 1 aliphatic carbocycles. The van der Waals surface area contributed by atoms with E-state index in [-0.39, 0.29) is 65.0 Å². The second-order valence-corrected chi connectivity index (χ2v) is 10.2. The minimum Gasteiger partial charge on any atom is -0.508 e. The smallest absolute Gasteiger partial charge is 0.336 e. The summed E-state index contributed by atoms with van der Waals surface area (Å²) in [5.74, 6) is -5.92. The second-order valence-electron chi connectivity index (χ2n) is 10.2. The number of nitrogens with one attached hydrogen (secondary N) is 1. The minimum absolute atomic E-state index is 0.0664. The predicted octanol–water partition coefficient (Wildman–Crippen LogP) is 2.79. The molecule has 234 valence electrons. The van der Waals surface area contributed by atoms with Gasteiger partial charge in [0.15, 0.2) is 5.43 Å². The fraction of sp³-hybridized carbons (Fsp3) is 0.226. The number of carbonyl (C=O) groups is 5. The van der Waals surface area contributed by atoms with Gasteiger partial charge in [0.05, 0.1) is 18.7 Å². The molecule has 0 bridgehead atoms. The number of phenols is 1. The number of fused-ring (bicyclic) bond motifs is 2. The number of aliphatic carboxylic acids is 3. The number of benzene rings is 3. The van der Waals surface area contributed by atoms with Crippen molar-refractivity contribution in [1.29, 1.82) is 0 Å². The summed E-state index contributed by atoms with van der Waals surface area (Å²) in [6.07, 6.45) is 0.430. The third-order valence-corrected chi connectivity index (χ3v) is 7.05. The van der Waals surface area contributed by atoms with Crippen molar-refractivity contribution in [3.8, 4) is 28.2 Å². The number of carboxylic acid groups (broad SMARTS) is 4. The number of hydrogen-bond donors (Lipinski definition) is 6. The maximum atomic E-state index is 13.1. The number of phenolic OH excluding ortho intramolecular Hbond substituents is 1. The van der Waals surface area contributed by atoms with Gasteiger partial charge in [-0.2, -0.15) is 0 Å². The van der Waals surface area contributed by atoms with Crippen LogP contribution in [0, 0.1) is 0 Å². The highest BCUT2D eigenvalue weighted by molar-refractivity contribution is 6.09. The normalized spacial score (nSPS) is 11.8. The lowest BCUT2D eigenvalue weighted by molar-refractivity contribution is -0.149. The van der Waals surface area contributed by atoms with Crippen LogP contribution in [0.2, 0.25) is 0 Å². The first-order valence-electron chi connectivity index (χ1n) is 13.6. The SMILES string of the molecule is O=C(O)CN(CC(=O)O)[C@@H](CCCCNC(=O)c1ccc(C(=O)O)c(-c2c3ccc(=O)cc-3oc3cc(O)ccc23)c1)C(=O)O. The number of rotatable bonds is 14. The first-order valence-corrected chi connectivity index (χ1v) is 13.6. The van der Waals surface area contributed by atoms with E-state index < -0.39 is 48.9 Å². The maximum absolute atomic E-state index is 13.1. The van der Waals surface area contributed by atoms with Crippen molar-refractivity contribution in [2.75, 3.05) is 19.6 Å². The fourth-order valence-electron chi connectivity index (χ4n) is 5.08. The number of carboxylic acids is 4. The lowest BCUT2D eigenvalue weighted by Crippen LogP contribution is -2.46. The van der Waals surface area contributed by atoms with E-state index in [9.17, 15) is 44.1 Å². The molecule has 4 rings (SSSR count). The van der Waals surface area contributed by atoms with Crippen LogP contribution in [0.25, 0.3) is 33.4 Å². The molecule has 0 saturated carbocycles. The Balaban J connectivity index is 1.57. The summed E-state index contributed by atoms with van der Waals surface area (Å²) in [5, 5.41) is 50.7. The van der Waals surface area contributed by atoms with Crippen LogP contribution in [0.15, 0.2) is 63.8 Å². The minimum atomic E-state index is -1.37. The van der Waals surface area contributed by atoms with E-state index in [0.717, 1.165) is 4.90 Å². The van der Waals surface area contributed by atoms with Crippen LogP contribution in [-0.2, 0) is 14.4 Å². The van der Waals surface area contributed by atoms with Gasteiger partial charge in [0.2, 0.25) is 0 Å². The van der Waals surface area contributed by atoms with Gasteiger partial charge in [-0.05, 0) is 67.3 Å². The Hall–Kier alpha value is -5.76. The highest BCUT2D eigenvalue weighted by Gasteiger charge is 2.29. The van der Waals surface area contributed by atoms with Crippen LogP contribution in [0.4, 0.5) is 0 Å². The van der Waals surface area contributed by atoms with Crippen molar-refractivity contribution >= 4 is 40.8 Å². The van der Waals surface area contributed by atoms with Gasteiger partial charge in [0.25, 0.3) is 5.91 Å². The lowest BCUT2D eigenvalue weighted by Gasteiger charge is -2.25.